The summed E-state index contributed by atoms with van der Waals surface area (Å²) in [6, 6.07) is 0. The summed E-state index contributed by atoms with van der Waals surface area (Å²) in [5.41, 5.74) is 4.46. The molecule has 0 heterocycles. The maximum Gasteiger partial charge on any atom is 0.306 e. The van der Waals surface area contributed by atoms with Crippen molar-refractivity contribution >= 4 is 17.8 Å². The number of hydrogen-bond acceptors (Lipinski definition) is 3. The van der Waals surface area contributed by atoms with Crippen molar-refractivity contribution in [3.8, 4) is 0 Å². The van der Waals surface area contributed by atoms with Gasteiger partial charge in [0.05, 0.1) is 11.3 Å². The Morgan fingerprint density at radius 1 is 1.16 bits per heavy atom. The molecule has 1 fully saturated rings. The number of nitrogens with two attached hydrogens (primary N) is 1. The molecule has 0 bridgehead atoms. The Kier molecular flexibility index (Phi) is 4.91. The van der Waals surface area contributed by atoms with Crippen LogP contribution in [0, 0.1) is 17.3 Å². The first-order chi connectivity index (χ1) is 8.74. The van der Waals surface area contributed by atoms with Crippen molar-refractivity contribution in [2.24, 2.45) is 23.0 Å². The lowest BCUT2D eigenvalue weighted by Gasteiger charge is -2.27. The van der Waals surface area contributed by atoms with Crippen molar-refractivity contribution in [1.29, 1.82) is 0 Å². The summed E-state index contributed by atoms with van der Waals surface area (Å²) in [5, 5.41) is 11.6. The molecule has 0 aliphatic heterocycles. The third-order valence-electron chi connectivity index (χ3n) is 3.82. The Morgan fingerprint density at radius 2 is 1.63 bits per heavy atom. The predicted molar refractivity (Wildman–Crippen MR) is 69.1 cm³/mol. The Morgan fingerprint density at radius 3 is 2.05 bits per heavy atom. The number of amides is 2. The largest absolute Gasteiger partial charge is 0.481 e. The molecule has 6 nitrogen and oxygen atoms in total. The van der Waals surface area contributed by atoms with Crippen LogP contribution in [0.25, 0.3) is 0 Å². The van der Waals surface area contributed by atoms with E-state index in [4.69, 9.17) is 10.8 Å². The van der Waals surface area contributed by atoms with Gasteiger partial charge in [-0.15, -0.1) is 0 Å². The smallest absolute Gasteiger partial charge is 0.306 e. The van der Waals surface area contributed by atoms with E-state index in [1.54, 1.807) is 13.8 Å². The molecule has 0 atom stereocenters. The fourth-order valence-corrected chi connectivity index (χ4v) is 2.14. The number of carboxylic acid groups (broad SMARTS) is 1. The van der Waals surface area contributed by atoms with Crippen LogP contribution in [0.2, 0.25) is 0 Å². The van der Waals surface area contributed by atoms with Gasteiger partial charge in [0.25, 0.3) is 0 Å². The van der Waals surface area contributed by atoms with Gasteiger partial charge in [-0.25, -0.2) is 0 Å². The molecule has 0 spiro atoms. The van der Waals surface area contributed by atoms with E-state index < -0.39 is 17.3 Å². The van der Waals surface area contributed by atoms with Gasteiger partial charge in [0.15, 0.2) is 0 Å². The number of hydrogen-bond donors (Lipinski definition) is 3. The summed E-state index contributed by atoms with van der Waals surface area (Å²) in [6.45, 7) is 3.56. The van der Waals surface area contributed by atoms with Gasteiger partial charge in [-0.05, 0) is 39.5 Å². The molecular formula is C13H22N2O4. The highest BCUT2D eigenvalue weighted by atomic mass is 16.4. The summed E-state index contributed by atoms with van der Waals surface area (Å²) in [5.74, 6) is -1.83. The molecule has 0 radical (unpaired) electrons. The second kappa shape index (κ2) is 6.04. The number of rotatable bonds is 5. The van der Waals surface area contributed by atoms with Crippen molar-refractivity contribution in [2.75, 3.05) is 6.54 Å². The van der Waals surface area contributed by atoms with Crippen LogP contribution in [0.15, 0.2) is 0 Å². The summed E-state index contributed by atoms with van der Waals surface area (Å²) in [6.07, 6.45) is 2.23. The molecule has 1 rings (SSSR count). The van der Waals surface area contributed by atoms with Gasteiger partial charge in [0, 0.05) is 12.5 Å². The molecule has 0 unspecified atom stereocenters. The van der Waals surface area contributed by atoms with Crippen LogP contribution in [0.4, 0.5) is 0 Å². The van der Waals surface area contributed by atoms with E-state index in [1.807, 2.05) is 0 Å². The lowest BCUT2D eigenvalue weighted by molar-refractivity contribution is -0.144. The maximum absolute atomic E-state index is 11.9. The number of aliphatic carboxylic acids is 1. The van der Waals surface area contributed by atoms with Crippen molar-refractivity contribution in [3.05, 3.63) is 0 Å². The first-order valence-electron chi connectivity index (χ1n) is 6.54. The predicted octanol–water partition coefficient (Wildman–Crippen LogP) is 0.505. The van der Waals surface area contributed by atoms with Gasteiger partial charge < -0.3 is 16.2 Å². The molecule has 1 aliphatic carbocycles. The Hall–Kier alpha value is -1.59. The Bertz CT molecular complexity index is 371. The highest BCUT2D eigenvalue weighted by Crippen LogP contribution is 2.29. The fourth-order valence-electron chi connectivity index (χ4n) is 2.14. The van der Waals surface area contributed by atoms with E-state index in [-0.39, 0.29) is 24.3 Å². The number of carbonyl (C=O) groups is 3. The summed E-state index contributed by atoms with van der Waals surface area (Å²) in [4.78, 5) is 33.9. The van der Waals surface area contributed by atoms with Gasteiger partial charge >= 0.3 is 5.97 Å². The zero-order valence-electron chi connectivity index (χ0n) is 11.4. The first kappa shape index (κ1) is 15.5. The molecule has 4 N–H and O–H groups in total. The van der Waals surface area contributed by atoms with Crippen molar-refractivity contribution in [2.45, 2.75) is 39.5 Å². The van der Waals surface area contributed by atoms with Gasteiger partial charge in [-0.1, -0.05) is 0 Å². The van der Waals surface area contributed by atoms with Crippen LogP contribution in [0.3, 0.4) is 0 Å². The van der Waals surface area contributed by atoms with Crippen molar-refractivity contribution in [3.63, 3.8) is 0 Å². The summed E-state index contributed by atoms with van der Waals surface area (Å²) in [7, 11) is 0. The number of nitrogens with one attached hydrogen (secondary N) is 1. The van der Waals surface area contributed by atoms with Crippen LogP contribution >= 0.6 is 0 Å². The lowest BCUT2D eigenvalue weighted by Crippen LogP contribution is -2.44. The highest BCUT2D eigenvalue weighted by molar-refractivity contribution is 5.83. The van der Waals surface area contributed by atoms with Crippen molar-refractivity contribution < 1.29 is 19.5 Å². The molecular weight excluding hydrogens is 248 g/mol. The molecule has 6 heteroatoms. The average Bonchev–Trinajstić information content (AvgIpc) is 2.36. The number of primary amides is 1. The van der Waals surface area contributed by atoms with Crippen LogP contribution in [-0.4, -0.2) is 29.4 Å². The molecule has 2 amide bonds. The quantitative estimate of drug-likeness (QED) is 0.676. The van der Waals surface area contributed by atoms with Gasteiger partial charge in [-0.3, -0.25) is 14.4 Å². The SMILES string of the molecule is CC(C)(CNC(=O)C1CCC(C(=O)O)CC1)C(N)=O. The van der Waals surface area contributed by atoms with E-state index in [2.05, 4.69) is 5.32 Å². The number of carboxylic acids is 1. The number of carbonyl (C=O) groups excluding carboxylic acids is 2. The molecule has 108 valence electrons. The van der Waals surface area contributed by atoms with E-state index in [1.165, 1.54) is 0 Å². The first-order valence-corrected chi connectivity index (χ1v) is 6.54. The maximum atomic E-state index is 11.9. The van der Waals surface area contributed by atoms with E-state index in [0.29, 0.717) is 25.7 Å². The van der Waals surface area contributed by atoms with Gasteiger partial charge in [-0.2, -0.15) is 0 Å². The van der Waals surface area contributed by atoms with Crippen LogP contribution in [0.5, 0.6) is 0 Å². The molecule has 1 aliphatic rings. The van der Waals surface area contributed by atoms with E-state index in [9.17, 15) is 14.4 Å². The monoisotopic (exact) mass is 270 g/mol. The Labute approximate surface area is 112 Å². The zero-order valence-corrected chi connectivity index (χ0v) is 11.4. The van der Waals surface area contributed by atoms with Gasteiger partial charge in [0.2, 0.25) is 11.8 Å². The average molecular weight is 270 g/mol. The molecule has 0 aromatic heterocycles. The van der Waals surface area contributed by atoms with Crippen LogP contribution in [-0.2, 0) is 14.4 Å². The fraction of sp³-hybridized carbons (Fsp3) is 0.769. The van der Waals surface area contributed by atoms with Crippen molar-refractivity contribution in [1.82, 2.24) is 5.32 Å². The molecule has 0 aromatic rings. The standard InChI is InChI=1S/C13H22N2O4/c1-13(2,12(14)19)7-15-10(16)8-3-5-9(6-4-8)11(17)18/h8-9H,3-7H2,1-2H3,(H2,14,19)(H,15,16)(H,17,18). The van der Waals surface area contributed by atoms with E-state index in [0.717, 1.165) is 0 Å². The third kappa shape index (κ3) is 4.22. The Balaban J connectivity index is 2.40. The second-order valence-electron chi connectivity index (χ2n) is 5.85. The molecule has 1 saturated carbocycles. The lowest BCUT2D eigenvalue weighted by atomic mass is 9.81. The highest BCUT2D eigenvalue weighted by Gasteiger charge is 2.31. The molecule has 0 aromatic carbocycles. The second-order valence-corrected chi connectivity index (χ2v) is 5.85. The van der Waals surface area contributed by atoms with E-state index >= 15 is 0 Å². The van der Waals surface area contributed by atoms with Crippen LogP contribution in [0.1, 0.15) is 39.5 Å². The van der Waals surface area contributed by atoms with Gasteiger partial charge in [0.1, 0.15) is 0 Å². The topological polar surface area (TPSA) is 109 Å². The normalized spacial score (nSPS) is 23.7. The van der Waals surface area contributed by atoms with Crippen LogP contribution < -0.4 is 11.1 Å². The minimum Gasteiger partial charge on any atom is -0.481 e. The molecule has 19 heavy (non-hydrogen) atoms. The summed E-state index contributed by atoms with van der Waals surface area (Å²) >= 11 is 0. The minimum atomic E-state index is -0.784. The summed E-state index contributed by atoms with van der Waals surface area (Å²) < 4.78 is 0. The third-order valence-corrected chi connectivity index (χ3v) is 3.82. The molecule has 0 saturated heterocycles. The minimum absolute atomic E-state index is 0.113. The zero-order chi connectivity index (χ0) is 14.6.